The van der Waals surface area contributed by atoms with E-state index in [4.69, 9.17) is 0 Å². The predicted molar refractivity (Wildman–Crippen MR) is 75.0 cm³/mol. The first-order valence-corrected chi connectivity index (χ1v) is 6.93. The molecule has 0 fully saturated rings. The van der Waals surface area contributed by atoms with Gasteiger partial charge < -0.3 is 10.4 Å². The fraction of sp³-hybridized carbons (Fsp3) is 0.357. The Morgan fingerprint density at radius 1 is 1.33 bits per heavy atom. The van der Waals surface area contributed by atoms with E-state index in [-0.39, 0.29) is 0 Å². The molecule has 3 nitrogen and oxygen atoms in total. The van der Waals surface area contributed by atoms with Gasteiger partial charge in [0.1, 0.15) is 5.75 Å². The Kier molecular flexibility index (Phi) is 4.33. The fourth-order valence-electron chi connectivity index (χ4n) is 1.82. The van der Waals surface area contributed by atoms with Crippen LogP contribution in [0.25, 0.3) is 0 Å². The predicted octanol–water partition coefficient (Wildman–Crippen LogP) is 2.88. The molecule has 1 aromatic carbocycles. The van der Waals surface area contributed by atoms with Gasteiger partial charge in [0, 0.05) is 17.5 Å². The summed E-state index contributed by atoms with van der Waals surface area (Å²) in [6.07, 6.45) is 0.956. The molecule has 1 heterocycles. The highest BCUT2D eigenvalue weighted by molar-refractivity contribution is 7.09. The molecule has 0 saturated heterocycles. The van der Waals surface area contributed by atoms with Crippen molar-refractivity contribution < 1.29 is 5.11 Å². The molecule has 4 heteroatoms. The Bertz CT molecular complexity index is 493. The summed E-state index contributed by atoms with van der Waals surface area (Å²) in [4.78, 5) is 5.54. The highest BCUT2D eigenvalue weighted by atomic mass is 32.1. The van der Waals surface area contributed by atoms with Crippen LogP contribution in [0.1, 0.15) is 23.1 Å². The number of aromatic nitrogens is 1. The van der Waals surface area contributed by atoms with Gasteiger partial charge in [0.2, 0.25) is 0 Å². The maximum Gasteiger partial charge on any atom is 0.115 e. The van der Waals surface area contributed by atoms with Gasteiger partial charge in [0.15, 0.2) is 0 Å². The molecule has 0 aliphatic heterocycles. The zero-order chi connectivity index (χ0) is 13.0. The molecule has 1 atom stereocenters. The van der Waals surface area contributed by atoms with Gasteiger partial charge in [-0.15, -0.1) is 11.3 Å². The molecule has 96 valence electrons. The normalized spacial score (nSPS) is 12.6. The number of aryl methyl sites for hydroxylation is 1. The topological polar surface area (TPSA) is 45.2 Å². The average molecular weight is 262 g/mol. The second-order valence-corrected chi connectivity index (χ2v) is 5.45. The van der Waals surface area contributed by atoms with Gasteiger partial charge in [-0.1, -0.05) is 12.1 Å². The highest BCUT2D eigenvalue weighted by Crippen LogP contribution is 2.13. The van der Waals surface area contributed by atoms with Crippen molar-refractivity contribution in [3.63, 3.8) is 0 Å². The van der Waals surface area contributed by atoms with E-state index in [1.807, 2.05) is 24.6 Å². The zero-order valence-corrected chi connectivity index (χ0v) is 11.5. The maximum absolute atomic E-state index is 9.23. The molecule has 0 radical (unpaired) electrons. The van der Waals surface area contributed by atoms with Crippen LogP contribution in [0.5, 0.6) is 5.75 Å². The molecule has 0 bridgehead atoms. The van der Waals surface area contributed by atoms with Gasteiger partial charge in [-0.05, 0) is 38.0 Å². The van der Waals surface area contributed by atoms with Crippen LogP contribution in [0.3, 0.4) is 0 Å². The van der Waals surface area contributed by atoms with Crippen LogP contribution >= 0.6 is 11.3 Å². The van der Waals surface area contributed by atoms with Crippen LogP contribution in [0, 0.1) is 6.92 Å². The van der Waals surface area contributed by atoms with Crippen LogP contribution in [0.2, 0.25) is 0 Å². The number of nitrogens with zero attached hydrogens (tertiary/aromatic N) is 1. The molecular formula is C14H18N2OS. The van der Waals surface area contributed by atoms with Crippen molar-refractivity contribution in [3.8, 4) is 5.75 Å². The summed E-state index contributed by atoms with van der Waals surface area (Å²) in [5, 5.41) is 12.7. The number of phenolic OH excluding ortho intramolecular Hbond substituents is 1. The number of nitrogens with one attached hydrogen (secondary N) is 1. The summed E-state index contributed by atoms with van der Waals surface area (Å²) in [5.41, 5.74) is 4.23. The minimum absolute atomic E-state index is 0.319. The first-order valence-electron chi connectivity index (χ1n) is 6.05. The van der Waals surface area contributed by atoms with E-state index in [1.54, 1.807) is 23.5 Å². The quantitative estimate of drug-likeness (QED) is 0.871. The lowest BCUT2D eigenvalue weighted by Crippen LogP contribution is -2.27. The van der Waals surface area contributed by atoms with E-state index in [0.717, 1.165) is 18.7 Å². The first kappa shape index (κ1) is 13.1. The minimum Gasteiger partial charge on any atom is -0.508 e. The van der Waals surface area contributed by atoms with Crippen molar-refractivity contribution in [2.75, 3.05) is 0 Å². The molecule has 2 N–H and O–H groups in total. The summed E-state index contributed by atoms with van der Waals surface area (Å²) in [6, 6.07) is 7.79. The number of benzene rings is 1. The van der Waals surface area contributed by atoms with Crippen molar-refractivity contribution in [1.29, 1.82) is 0 Å². The van der Waals surface area contributed by atoms with Gasteiger partial charge in [0.25, 0.3) is 0 Å². The summed E-state index contributed by atoms with van der Waals surface area (Å²) in [7, 11) is 0. The van der Waals surface area contributed by atoms with Crippen LogP contribution in [-0.4, -0.2) is 16.1 Å². The van der Waals surface area contributed by atoms with Gasteiger partial charge in [-0.25, -0.2) is 4.98 Å². The number of thiazole rings is 1. The largest absolute Gasteiger partial charge is 0.508 e. The zero-order valence-electron chi connectivity index (χ0n) is 10.7. The van der Waals surface area contributed by atoms with Crippen molar-refractivity contribution in [2.24, 2.45) is 0 Å². The van der Waals surface area contributed by atoms with Crippen molar-refractivity contribution >= 4 is 11.3 Å². The third-order valence-corrected chi connectivity index (χ3v) is 3.87. The number of rotatable bonds is 5. The monoisotopic (exact) mass is 262 g/mol. The smallest absolute Gasteiger partial charge is 0.115 e. The van der Waals surface area contributed by atoms with Crippen molar-refractivity contribution in [3.05, 3.63) is 45.9 Å². The van der Waals surface area contributed by atoms with Gasteiger partial charge in [0.05, 0.1) is 11.2 Å². The molecule has 0 aliphatic carbocycles. The van der Waals surface area contributed by atoms with Crippen molar-refractivity contribution in [2.45, 2.75) is 32.9 Å². The van der Waals surface area contributed by atoms with E-state index in [1.165, 1.54) is 10.4 Å². The van der Waals surface area contributed by atoms with Crippen LogP contribution < -0.4 is 5.32 Å². The molecule has 1 unspecified atom stereocenters. The SMILES string of the molecule is Cc1ncsc1CNC(C)Cc1ccc(O)cc1. The first-order chi connectivity index (χ1) is 8.65. The fourth-order valence-corrected chi connectivity index (χ4v) is 2.55. The summed E-state index contributed by atoms with van der Waals surface area (Å²) in [5.74, 6) is 0.319. The molecule has 1 aromatic heterocycles. The third-order valence-electron chi connectivity index (χ3n) is 2.93. The molecular weight excluding hydrogens is 244 g/mol. The van der Waals surface area contributed by atoms with Crippen LogP contribution in [0.4, 0.5) is 0 Å². The van der Waals surface area contributed by atoms with Crippen LogP contribution in [0.15, 0.2) is 29.8 Å². The summed E-state index contributed by atoms with van der Waals surface area (Å²) >= 11 is 1.69. The molecule has 18 heavy (non-hydrogen) atoms. The Hall–Kier alpha value is -1.39. The molecule has 2 rings (SSSR count). The van der Waals surface area contributed by atoms with Crippen LogP contribution in [-0.2, 0) is 13.0 Å². The highest BCUT2D eigenvalue weighted by Gasteiger charge is 2.06. The van der Waals surface area contributed by atoms with E-state index in [2.05, 4.69) is 17.2 Å². The minimum atomic E-state index is 0.319. The van der Waals surface area contributed by atoms with E-state index in [9.17, 15) is 5.11 Å². The van der Waals surface area contributed by atoms with Gasteiger partial charge in [-0.2, -0.15) is 0 Å². The standard InChI is InChI=1S/C14H18N2OS/c1-10(7-12-3-5-13(17)6-4-12)15-8-14-11(2)16-9-18-14/h3-6,9-10,15,17H,7-8H2,1-2H3. The molecule has 0 amide bonds. The third kappa shape index (κ3) is 3.55. The Morgan fingerprint density at radius 2 is 2.06 bits per heavy atom. The lowest BCUT2D eigenvalue weighted by atomic mass is 10.1. The second kappa shape index (κ2) is 5.98. The number of aromatic hydroxyl groups is 1. The maximum atomic E-state index is 9.23. The Balaban J connectivity index is 1.83. The second-order valence-electron chi connectivity index (χ2n) is 4.51. The van der Waals surface area contributed by atoms with E-state index < -0.39 is 0 Å². The lowest BCUT2D eigenvalue weighted by Gasteiger charge is -2.13. The number of hydrogen-bond acceptors (Lipinski definition) is 4. The number of hydrogen-bond donors (Lipinski definition) is 2. The van der Waals surface area contributed by atoms with Gasteiger partial charge in [-0.3, -0.25) is 0 Å². The summed E-state index contributed by atoms with van der Waals surface area (Å²) < 4.78 is 0. The molecule has 0 spiro atoms. The Morgan fingerprint density at radius 3 is 2.67 bits per heavy atom. The Labute approximate surface area is 112 Å². The van der Waals surface area contributed by atoms with Crippen molar-refractivity contribution in [1.82, 2.24) is 10.3 Å². The van der Waals surface area contributed by atoms with Gasteiger partial charge >= 0.3 is 0 Å². The average Bonchev–Trinajstić information content (AvgIpc) is 2.75. The van der Waals surface area contributed by atoms with E-state index >= 15 is 0 Å². The summed E-state index contributed by atoms with van der Waals surface area (Å²) in [6.45, 7) is 5.08. The number of phenols is 1. The molecule has 2 aromatic rings. The molecule has 0 aliphatic rings. The molecule has 0 saturated carbocycles. The lowest BCUT2D eigenvalue weighted by molar-refractivity contribution is 0.474. The van der Waals surface area contributed by atoms with E-state index in [0.29, 0.717) is 11.8 Å².